The van der Waals surface area contributed by atoms with Crippen LogP contribution in [0.2, 0.25) is 0 Å². The molecule has 27 heavy (non-hydrogen) atoms. The van der Waals surface area contributed by atoms with Crippen molar-refractivity contribution < 1.29 is 4.79 Å². The third kappa shape index (κ3) is 4.71. The van der Waals surface area contributed by atoms with Crippen molar-refractivity contribution in [3.05, 3.63) is 69.5 Å². The van der Waals surface area contributed by atoms with Crippen molar-refractivity contribution in [2.24, 2.45) is 0 Å². The van der Waals surface area contributed by atoms with Crippen LogP contribution in [0.1, 0.15) is 28.7 Å². The Labute approximate surface area is 164 Å². The minimum absolute atomic E-state index is 0.00655. The summed E-state index contributed by atoms with van der Waals surface area (Å²) in [6, 6.07) is 14.3. The van der Waals surface area contributed by atoms with Crippen molar-refractivity contribution in [2.75, 3.05) is 0 Å². The fourth-order valence-corrected chi connectivity index (χ4v) is 3.21. The highest BCUT2D eigenvalue weighted by Crippen LogP contribution is 2.18. The van der Waals surface area contributed by atoms with Gasteiger partial charge in [0.05, 0.1) is 0 Å². The van der Waals surface area contributed by atoms with E-state index >= 15 is 0 Å². The van der Waals surface area contributed by atoms with Gasteiger partial charge in [-0.3, -0.25) is 14.5 Å². The standard InChI is InChI=1S/C21H24N4OS/c1-14-4-7-17(8-5-14)20-23-24-21(27)25(20)11-10-19(26)22-13-18-9-6-15(2)12-16(18)3/h4-9,12H,10-11,13H2,1-3H3,(H,22,26)(H,24,27). The number of hydrogen-bond donors (Lipinski definition) is 2. The van der Waals surface area contributed by atoms with Crippen LogP contribution in [0, 0.1) is 25.5 Å². The highest BCUT2D eigenvalue weighted by atomic mass is 32.1. The number of H-pyrrole nitrogens is 1. The van der Waals surface area contributed by atoms with Crippen LogP contribution in [0.3, 0.4) is 0 Å². The van der Waals surface area contributed by atoms with E-state index in [0.717, 1.165) is 17.0 Å². The average molecular weight is 381 g/mol. The molecule has 0 spiro atoms. The van der Waals surface area contributed by atoms with Gasteiger partial charge in [0, 0.05) is 25.1 Å². The molecule has 3 aromatic rings. The maximum absolute atomic E-state index is 12.3. The first-order chi connectivity index (χ1) is 12.9. The lowest BCUT2D eigenvalue weighted by molar-refractivity contribution is -0.121. The molecule has 0 aliphatic heterocycles. The smallest absolute Gasteiger partial charge is 0.222 e. The molecular weight excluding hydrogens is 356 g/mol. The van der Waals surface area contributed by atoms with Crippen LogP contribution in [0.4, 0.5) is 0 Å². The molecule has 0 unspecified atom stereocenters. The quantitative estimate of drug-likeness (QED) is 0.629. The van der Waals surface area contributed by atoms with Gasteiger partial charge in [0.2, 0.25) is 5.91 Å². The number of nitrogens with zero attached hydrogens (tertiary/aromatic N) is 2. The number of aromatic amines is 1. The maximum atomic E-state index is 12.3. The Morgan fingerprint density at radius 3 is 2.52 bits per heavy atom. The maximum Gasteiger partial charge on any atom is 0.222 e. The number of nitrogens with one attached hydrogen (secondary N) is 2. The minimum atomic E-state index is -0.00655. The topological polar surface area (TPSA) is 62.7 Å². The second-order valence-corrected chi connectivity index (χ2v) is 7.21. The zero-order valence-electron chi connectivity index (χ0n) is 15.9. The van der Waals surface area contributed by atoms with E-state index in [1.807, 2.05) is 35.8 Å². The number of carbonyl (C=O) groups excluding carboxylic acids is 1. The largest absolute Gasteiger partial charge is 0.352 e. The van der Waals surface area contributed by atoms with E-state index < -0.39 is 0 Å². The molecule has 0 aliphatic rings. The first-order valence-corrected chi connectivity index (χ1v) is 9.40. The number of carbonyl (C=O) groups is 1. The number of aromatic nitrogens is 3. The Hall–Kier alpha value is -2.73. The van der Waals surface area contributed by atoms with Crippen LogP contribution >= 0.6 is 12.2 Å². The summed E-state index contributed by atoms with van der Waals surface area (Å²) in [4.78, 5) is 12.3. The van der Waals surface area contributed by atoms with Crippen molar-refractivity contribution >= 4 is 18.1 Å². The van der Waals surface area contributed by atoms with E-state index in [9.17, 15) is 4.79 Å². The lowest BCUT2D eigenvalue weighted by Crippen LogP contribution is -2.24. The van der Waals surface area contributed by atoms with E-state index in [4.69, 9.17) is 12.2 Å². The summed E-state index contributed by atoms with van der Waals surface area (Å²) in [6.07, 6.45) is 0.345. The molecule has 2 aromatic carbocycles. The van der Waals surface area contributed by atoms with E-state index in [-0.39, 0.29) is 5.91 Å². The Balaban J connectivity index is 1.63. The highest BCUT2D eigenvalue weighted by molar-refractivity contribution is 7.71. The summed E-state index contributed by atoms with van der Waals surface area (Å²) in [5.74, 6) is 0.745. The second-order valence-electron chi connectivity index (χ2n) is 6.83. The van der Waals surface area contributed by atoms with Gasteiger partial charge >= 0.3 is 0 Å². The lowest BCUT2D eigenvalue weighted by atomic mass is 10.1. The van der Waals surface area contributed by atoms with Crippen molar-refractivity contribution in [2.45, 2.75) is 40.3 Å². The molecule has 0 radical (unpaired) electrons. The molecule has 1 amide bonds. The molecule has 0 bridgehead atoms. The van der Waals surface area contributed by atoms with Gasteiger partial charge in [-0.2, -0.15) is 5.10 Å². The molecule has 6 heteroatoms. The molecule has 2 N–H and O–H groups in total. The normalized spacial score (nSPS) is 10.8. The molecule has 140 valence electrons. The van der Waals surface area contributed by atoms with E-state index in [1.165, 1.54) is 16.7 Å². The van der Waals surface area contributed by atoms with Crippen LogP contribution in [0.5, 0.6) is 0 Å². The van der Waals surface area contributed by atoms with E-state index in [2.05, 4.69) is 47.6 Å². The van der Waals surface area contributed by atoms with Gasteiger partial charge in [0.1, 0.15) is 0 Å². The van der Waals surface area contributed by atoms with Gasteiger partial charge in [-0.1, -0.05) is 53.6 Å². The monoisotopic (exact) mass is 380 g/mol. The van der Waals surface area contributed by atoms with Gasteiger partial charge in [0.25, 0.3) is 0 Å². The Kier molecular flexibility index (Phi) is 5.86. The van der Waals surface area contributed by atoms with Crippen LogP contribution < -0.4 is 5.32 Å². The highest BCUT2D eigenvalue weighted by Gasteiger charge is 2.11. The van der Waals surface area contributed by atoms with Crippen LogP contribution in [0.15, 0.2) is 42.5 Å². The van der Waals surface area contributed by atoms with Crippen molar-refractivity contribution in [3.8, 4) is 11.4 Å². The number of aryl methyl sites for hydroxylation is 3. The van der Waals surface area contributed by atoms with Gasteiger partial charge in [-0.05, 0) is 44.1 Å². The first-order valence-electron chi connectivity index (χ1n) is 8.99. The lowest BCUT2D eigenvalue weighted by Gasteiger charge is -2.10. The summed E-state index contributed by atoms with van der Waals surface area (Å²) >= 11 is 5.33. The van der Waals surface area contributed by atoms with Crippen molar-refractivity contribution in [1.29, 1.82) is 0 Å². The molecule has 0 saturated heterocycles. The van der Waals surface area contributed by atoms with Gasteiger partial charge in [-0.15, -0.1) is 0 Å². The summed E-state index contributed by atoms with van der Waals surface area (Å²) < 4.78 is 2.39. The van der Waals surface area contributed by atoms with Crippen molar-refractivity contribution in [3.63, 3.8) is 0 Å². The Bertz CT molecular complexity index is 1000. The molecule has 0 saturated carbocycles. The predicted molar refractivity (Wildman–Crippen MR) is 110 cm³/mol. The van der Waals surface area contributed by atoms with Gasteiger partial charge < -0.3 is 5.32 Å². The molecule has 5 nitrogen and oxygen atoms in total. The van der Waals surface area contributed by atoms with E-state index in [0.29, 0.717) is 24.3 Å². The van der Waals surface area contributed by atoms with Gasteiger partial charge in [-0.25, -0.2) is 0 Å². The number of hydrogen-bond acceptors (Lipinski definition) is 3. The zero-order chi connectivity index (χ0) is 19.4. The summed E-state index contributed by atoms with van der Waals surface area (Å²) in [5.41, 5.74) is 5.71. The molecule has 0 atom stereocenters. The number of benzene rings is 2. The molecule has 0 fully saturated rings. The number of amides is 1. The van der Waals surface area contributed by atoms with Gasteiger partial charge in [0.15, 0.2) is 10.6 Å². The van der Waals surface area contributed by atoms with E-state index in [1.54, 1.807) is 0 Å². The molecule has 3 rings (SSSR count). The fourth-order valence-electron chi connectivity index (χ4n) is 2.99. The summed E-state index contributed by atoms with van der Waals surface area (Å²) in [7, 11) is 0. The SMILES string of the molecule is Cc1ccc(-c2n[nH]c(=S)n2CCC(=O)NCc2ccc(C)cc2C)cc1. The molecule has 1 aromatic heterocycles. The number of rotatable bonds is 6. The summed E-state index contributed by atoms with van der Waals surface area (Å²) in [6.45, 7) is 7.19. The molecule has 1 heterocycles. The predicted octanol–water partition coefficient (Wildman–Crippen LogP) is 4.24. The van der Waals surface area contributed by atoms with Crippen molar-refractivity contribution in [1.82, 2.24) is 20.1 Å². The average Bonchev–Trinajstić information content (AvgIpc) is 3.00. The Morgan fingerprint density at radius 2 is 1.81 bits per heavy atom. The van der Waals surface area contributed by atoms with Crippen LogP contribution in [-0.2, 0) is 17.9 Å². The van der Waals surface area contributed by atoms with Crippen LogP contribution in [0.25, 0.3) is 11.4 Å². The zero-order valence-corrected chi connectivity index (χ0v) is 16.7. The minimum Gasteiger partial charge on any atom is -0.352 e. The third-order valence-corrected chi connectivity index (χ3v) is 4.92. The first kappa shape index (κ1) is 19.0. The third-order valence-electron chi connectivity index (χ3n) is 4.60. The van der Waals surface area contributed by atoms with Crippen LogP contribution in [-0.4, -0.2) is 20.7 Å². The molecule has 0 aliphatic carbocycles. The second kappa shape index (κ2) is 8.31. The summed E-state index contributed by atoms with van der Waals surface area (Å²) in [5, 5.41) is 10.1. The Morgan fingerprint density at radius 1 is 1.11 bits per heavy atom. The fraction of sp³-hybridized carbons (Fsp3) is 0.286. The molecular formula is C21H24N4OS.